The number of rotatable bonds is 2. The topological polar surface area (TPSA) is 84.2 Å². The summed E-state index contributed by atoms with van der Waals surface area (Å²) >= 11 is 0. The minimum atomic E-state index is -0.390. The second-order valence-electron chi connectivity index (χ2n) is 5.38. The molecule has 8 heteroatoms. The molecule has 24 heavy (non-hydrogen) atoms. The van der Waals surface area contributed by atoms with Crippen molar-refractivity contribution in [2.24, 2.45) is 0 Å². The second kappa shape index (κ2) is 6.69. The van der Waals surface area contributed by atoms with Crippen molar-refractivity contribution in [2.45, 2.75) is 6.92 Å². The van der Waals surface area contributed by atoms with E-state index >= 15 is 0 Å². The lowest BCUT2D eigenvalue weighted by atomic mass is 10.2. The first-order chi connectivity index (χ1) is 11.6. The van der Waals surface area contributed by atoms with Crippen LogP contribution in [0.25, 0.3) is 5.65 Å². The van der Waals surface area contributed by atoms with Gasteiger partial charge in [0.25, 0.3) is 11.5 Å². The summed E-state index contributed by atoms with van der Waals surface area (Å²) in [6.45, 7) is 3.54. The summed E-state index contributed by atoms with van der Waals surface area (Å²) in [7, 11) is 0. The van der Waals surface area contributed by atoms with Gasteiger partial charge in [0.15, 0.2) is 0 Å². The molecule has 1 aliphatic heterocycles. The van der Waals surface area contributed by atoms with E-state index < -0.39 is 5.56 Å². The highest BCUT2D eigenvalue weighted by molar-refractivity contribution is 5.94. The van der Waals surface area contributed by atoms with Crippen LogP contribution in [0.3, 0.4) is 0 Å². The van der Waals surface area contributed by atoms with E-state index in [9.17, 15) is 14.4 Å². The summed E-state index contributed by atoms with van der Waals surface area (Å²) in [5.41, 5.74) is 0.132. The number of ether oxygens (including phenoxy) is 1. The number of amides is 2. The molecule has 1 aliphatic rings. The molecule has 2 aromatic rings. The van der Waals surface area contributed by atoms with Gasteiger partial charge in [-0.25, -0.2) is 9.78 Å². The lowest BCUT2D eigenvalue weighted by Gasteiger charge is -2.33. The number of hydrogen-bond donors (Lipinski definition) is 0. The normalized spacial score (nSPS) is 14.7. The highest BCUT2D eigenvalue weighted by atomic mass is 16.6. The van der Waals surface area contributed by atoms with Crippen LogP contribution < -0.4 is 5.56 Å². The van der Waals surface area contributed by atoms with E-state index in [1.807, 2.05) is 0 Å². The fourth-order valence-corrected chi connectivity index (χ4v) is 2.65. The molecular formula is C16H18N4O4. The number of hydrogen-bond acceptors (Lipinski definition) is 5. The van der Waals surface area contributed by atoms with Gasteiger partial charge in [-0.3, -0.25) is 14.0 Å². The van der Waals surface area contributed by atoms with Crippen LogP contribution in [0.2, 0.25) is 0 Å². The van der Waals surface area contributed by atoms with Gasteiger partial charge in [0.2, 0.25) is 0 Å². The molecule has 0 radical (unpaired) electrons. The molecule has 3 heterocycles. The van der Waals surface area contributed by atoms with Crippen molar-refractivity contribution in [3.05, 3.63) is 46.5 Å². The largest absolute Gasteiger partial charge is 0.450 e. The first-order valence-electron chi connectivity index (χ1n) is 7.79. The molecule has 0 atom stereocenters. The average molecular weight is 330 g/mol. The number of carbonyl (C=O) groups excluding carboxylic acids is 2. The zero-order valence-electron chi connectivity index (χ0n) is 13.3. The quantitative estimate of drug-likeness (QED) is 0.805. The maximum atomic E-state index is 12.6. The SMILES string of the molecule is CCOC(=O)N1CCN(C(=O)c2cnc3ccccn3c2=O)CC1. The maximum Gasteiger partial charge on any atom is 0.409 e. The summed E-state index contributed by atoms with van der Waals surface area (Å²) in [5.74, 6) is -0.366. The van der Waals surface area contributed by atoms with Crippen LogP contribution in [0.5, 0.6) is 0 Å². The van der Waals surface area contributed by atoms with E-state index in [0.717, 1.165) is 0 Å². The standard InChI is InChI=1S/C16H18N4O4/c1-2-24-16(23)19-9-7-18(8-10-19)14(21)12-11-17-13-5-3-4-6-20(13)15(12)22/h3-6,11H,2,7-10H2,1H3. The van der Waals surface area contributed by atoms with Gasteiger partial charge >= 0.3 is 6.09 Å². The first kappa shape index (κ1) is 16.0. The smallest absolute Gasteiger partial charge is 0.409 e. The second-order valence-corrected chi connectivity index (χ2v) is 5.38. The summed E-state index contributed by atoms with van der Waals surface area (Å²) in [4.78, 5) is 44.0. The molecule has 0 aromatic carbocycles. The molecule has 2 amide bonds. The average Bonchev–Trinajstić information content (AvgIpc) is 2.62. The molecule has 1 fully saturated rings. The van der Waals surface area contributed by atoms with Gasteiger partial charge in [0.1, 0.15) is 11.2 Å². The number of fused-ring (bicyclic) bond motifs is 1. The Morgan fingerprint density at radius 2 is 1.88 bits per heavy atom. The van der Waals surface area contributed by atoms with Gasteiger partial charge in [0.05, 0.1) is 6.61 Å². The molecule has 0 saturated carbocycles. The Morgan fingerprint density at radius 1 is 1.17 bits per heavy atom. The minimum absolute atomic E-state index is 0.0308. The molecule has 2 aromatic heterocycles. The summed E-state index contributed by atoms with van der Waals surface area (Å²) < 4.78 is 6.30. The van der Waals surface area contributed by atoms with Gasteiger partial charge in [-0.15, -0.1) is 0 Å². The van der Waals surface area contributed by atoms with Gasteiger partial charge in [-0.2, -0.15) is 0 Å². The highest BCUT2D eigenvalue weighted by Crippen LogP contribution is 2.08. The summed E-state index contributed by atoms with van der Waals surface area (Å²) in [5, 5.41) is 0. The molecule has 8 nitrogen and oxygen atoms in total. The van der Waals surface area contributed by atoms with Crippen molar-refractivity contribution in [1.82, 2.24) is 19.2 Å². The van der Waals surface area contributed by atoms with Gasteiger partial charge in [0, 0.05) is 38.6 Å². The third-order valence-electron chi connectivity index (χ3n) is 3.94. The molecule has 0 N–H and O–H groups in total. The Hall–Kier alpha value is -2.90. The highest BCUT2D eigenvalue weighted by Gasteiger charge is 2.27. The van der Waals surface area contributed by atoms with E-state index in [2.05, 4.69) is 4.98 Å². The van der Waals surface area contributed by atoms with Gasteiger partial charge in [-0.1, -0.05) is 6.07 Å². The zero-order chi connectivity index (χ0) is 17.1. The Bertz CT molecular complexity index is 824. The van der Waals surface area contributed by atoms with Crippen molar-refractivity contribution < 1.29 is 14.3 Å². The Kier molecular flexibility index (Phi) is 4.45. The third-order valence-corrected chi connectivity index (χ3v) is 3.94. The van der Waals surface area contributed by atoms with Crippen molar-refractivity contribution in [1.29, 1.82) is 0 Å². The van der Waals surface area contributed by atoms with Crippen LogP contribution in [-0.4, -0.2) is 64.0 Å². The van der Waals surface area contributed by atoms with Crippen LogP contribution >= 0.6 is 0 Å². The monoisotopic (exact) mass is 330 g/mol. The Labute approximate surface area is 138 Å². The molecule has 0 bridgehead atoms. The number of piperazine rings is 1. The summed E-state index contributed by atoms with van der Waals surface area (Å²) in [6.07, 6.45) is 2.52. The predicted octanol–water partition coefficient (Wildman–Crippen LogP) is 0.609. The summed E-state index contributed by atoms with van der Waals surface area (Å²) in [6, 6.07) is 5.19. The van der Waals surface area contributed by atoms with Crippen LogP contribution in [0.4, 0.5) is 4.79 Å². The number of carbonyl (C=O) groups is 2. The molecule has 3 rings (SSSR count). The van der Waals surface area contributed by atoms with E-state index in [0.29, 0.717) is 38.4 Å². The fourth-order valence-electron chi connectivity index (χ4n) is 2.65. The molecule has 126 valence electrons. The molecule has 1 saturated heterocycles. The number of aromatic nitrogens is 2. The van der Waals surface area contributed by atoms with Crippen LogP contribution in [-0.2, 0) is 4.74 Å². The van der Waals surface area contributed by atoms with E-state index in [1.165, 1.54) is 10.6 Å². The minimum Gasteiger partial charge on any atom is -0.450 e. The van der Waals surface area contributed by atoms with Crippen LogP contribution in [0.1, 0.15) is 17.3 Å². The van der Waals surface area contributed by atoms with Crippen LogP contribution in [0.15, 0.2) is 35.4 Å². The van der Waals surface area contributed by atoms with E-state index in [4.69, 9.17) is 4.74 Å². The van der Waals surface area contributed by atoms with Crippen molar-refractivity contribution in [2.75, 3.05) is 32.8 Å². The molecular weight excluding hydrogens is 312 g/mol. The molecule has 0 unspecified atom stereocenters. The zero-order valence-corrected chi connectivity index (χ0v) is 13.3. The number of pyridine rings is 1. The lowest BCUT2D eigenvalue weighted by molar-refractivity contribution is 0.0568. The van der Waals surface area contributed by atoms with Crippen molar-refractivity contribution >= 4 is 17.6 Å². The predicted molar refractivity (Wildman–Crippen MR) is 86.0 cm³/mol. The maximum absolute atomic E-state index is 12.6. The van der Waals surface area contributed by atoms with Crippen LogP contribution in [0, 0.1) is 0 Å². The fraction of sp³-hybridized carbons (Fsp3) is 0.375. The van der Waals surface area contributed by atoms with E-state index in [-0.39, 0.29) is 17.6 Å². The molecule has 0 aliphatic carbocycles. The lowest BCUT2D eigenvalue weighted by Crippen LogP contribution is -2.51. The Balaban J connectivity index is 1.75. The number of nitrogens with zero attached hydrogens (tertiary/aromatic N) is 4. The first-order valence-corrected chi connectivity index (χ1v) is 7.79. The van der Waals surface area contributed by atoms with Crippen molar-refractivity contribution in [3.63, 3.8) is 0 Å². The Morgan fingerprint density at radius 3 is 2.58 bits per heavy atom. The third kappa shape index (κ3) is 2.94. The van der Waals surface area contributed by atoms with Gasteiger partial charge in [-0.05, 0) is 19.1 Å². The van der Waals surface area contributed by atoms with E-state index in [1.54, 1.807) is 41.1 Å². The van der Waals surface area contributed by atoms with Gasteiger partial charge < -0.3 is 14.5 Å². The molecule has 0 spiro atoms. The van der Waals surface area contributed by atoms with Crippen molar-refractivity contribution in [3.8, 4) is 0 Å².